The van der Waals surface area contributed by atoms with Crippen molar-refractivity contribution in [2.24, 2.45) is 4.99 Å². The molecule has 3 aromatic rings. The van der Waals surface area contributed by atoms with Crippen LogP contribution in [0.15, 0.2) is 59.7 Å². The van der Waals surface area contributed by atoms with Crippen LogP contribution < -0.4 is 10.6 Å². The number of nitrogens with one attached hydrogen (secondary N) is 2. The van der Waals surface area contributed by atoms with Gasteiger partial charge < -0.3 is 10.6 Å². The van der Waals surface area contributed by atoms with E-state index in [1.165, 1.54) is 0 Å². The number of benzene rings is 2. The Hall–Kier alpha value is -3.42. The molecule has 2 N–H and O–H groups in total. The Bertz CT molecular complexity index is 1020. The van der Waals surface area contributed by atoms with Crippen molar-refractivity contribution in [2.45, 2.75) is 19.0 Å². The van der Waals surface area contributed by atoms with Gasteiger partial charge in [-0.15, -0.1) is 0 Å². The van der Waals surface area contributed by atoms with Gasteiger partial charge in [-0.05, 0) is 48.7 Å². The van der Waals surface area contributed by atoms with Gasteiger partial charge in [0.05, 0.1) is 5.69 Å². The van der Waals surface area contributed by atoms with Gasteiger partial charge in [0.1, 0.15) is 11.4 Å². The van der Waals surface area contributed by atoms with Crippen LogP contribution in [-0.4, -0.2) is 16.2 Å². The second-order valence-corrected chi connectivity index (χ2v) is 6.26. The minimum Gasteiger partial charge on any atom is -0.340 e. The van der Waals surface area contributed by atoms with Crippen molar-refractivity contribution in [3.63, 3.8) is 0 Å². The van der Waals surface area contributed by atoms with Crippen molar-refractivity contribution in [1.29, 1.82) is 0 Å². The summed E-state index contributed by atoms with van der Waals surface area (Å²) < 4.78 is 40.3. The van der Waals surface area contributed by atoms with Gasteiger partial charge in [-0.1, -0.05) is 18.2 Å². The number of aromatic nitrogens is 2. The zero-order valence-electron chi connectivity index (χ0n) is 14.7. The van der Waals surface area contributed by atoms with Crippen molar-refractivity contribution in [3.8, 4) is 0 Å². The maximum absolute atomic E-state index is 13.4. The summed E-state index contributed by atoms with van der Waals surface area (Å²) in [7, 11) is 0. The molecular weight excluding hydrogens is 367 g/mol. The number of aliphatic imine (C=N–C) groups is 1. The molecule has 0 unspecified atom stereocenters. The van der Waals surface area contributed by atoms with Crippen LogP contribution in [0.1, 0.15) is 17.5 Å². The van der Waals surface area contributed by atoms with E-state index in [4.69, 9.17) is 0 Å². The fourth-order valence-corrected chi connectivity index (χ4v) is 2.90. The van der Waals surface area contributed by atoms with Crippen LogP contribution in [0.25, 0.3) is 0 Å². The van der Waals surface area contributed by atoms with Crippen molar-refractivity contribution in [3.05, 3.63) is 65.9 Å². The lowest BCUT2D eigenvalue weighted by molar-refractivity contribution is -0.137. The third-order valence-electron chi connectivity index (χ3n) is 4.24. The Balaban J connectivity index is 1.67. The summed E-state index contributed by atoms with van der Waals surface area (Å²) in [5, 5.41) is 5.70. The first-order chi connectivity index (χ1) is 13.5. The quantitative estimate of drug-likeness (QED) is 0.613. The van der Waals surface area contributed by atoms with E-state index in [0.717, 1.165) is 30.3 Å². The highest BCUT2D eigenvalue weighted by Crippen LogP contribution is 2.36. The molecule has 4 rings (SSSR count). The molecule has 5 nitrogen and oxygen atoms in total. The Morgan fingerprint density at radius 2 is 1.75 bits per heavy atom. The van der Waals surface area contributed by atoms with E-state index < -0.39 is 11.7 Å². The molecule has 1 aromatic heterocycles. The van der Waals surface area contributed by atoms with Crippen LogP contribution in [0.4, 0.5) is 42.0 Å². The summed E-state index contributed by atoms with van der Waals surface area (Å²) in [6, 6.07) is 14.3. The predicted molar refractivity (Wildman–Crippen MR) is 103 cm³/mol. The van der Waals surface area contributed by atoms with E-state index in [1.54, 1.807) is 42.5 Å². The molecule has 0 fully saturated rings. The molecule has 0 bridgehead atoms. The van der Waals surface area contributed by atoms with Crippen LogP contribution >= 0.6 is 0 Å². The number of halogens is 3. The Labute approximate surface area is 159 Å². The third kappa shape index (κ3) is 3.95. The normalized spacial score (nSPS) is 13.1. The molecule has 0 aliphatic carbocycles. The zero-order chi connectivity index (χ0) is 19.6. The van der Waals surface area contributed by atoms with Gasteiger partial charge in [0.15, 0.2) is 0 Å². The van der Waals surface area contributed by atoms with Crippen molar-refractivity contribution >= 4 is 35.0 Å². The summed E-state index contributed by atoms with van der Waals surface area (Å²) in [4.78, 5) is 12.2. The van der Waals surface area contributed by atoms with Gasteiger partial charge in [0.2, 0.25) is 5.95 Å². The van der Waals surface area contributed by atoms with Gasteiger partial charge in [-0.3, -0.25) is 4.99 Å². The van der Waals surface area contributed by atoms with Crippen molar-refractivity contribution < 1.29 is 13.2 Å². The number of fused-ring (bicyclic) bond motifs is 1. The third-order valence-corrected chi connectivity index (χ3v) is 4.24. The molecule has 0 saturated carbocycles. The largest absolute Gasteiger partial charge is 0.421 e. The van der Waals surface area contributed by atoms with Crippen LogP contribution in [0, 0.1) is 0 Å². The maximum Gasteiger partial charge on any atom is 0.421 e. The second kappa shape index (κ2) is 7.30. The number of hydrogen-bond acceptors (Lipinski definition) is 5. The predicted octanol–water partition coefficient (Wildman–Crippen LogP) is 5.63. The van der Waals surface area contributed by atoms with E-state index in [9.17, 15) is 13.2 Å². The minimum absolute atomic E-state index is 0.0734. The fourth-order valence-electron chi connectivity index (χ4n) is 2.90. The monoisotopic (exact) mass is 383 g/mol. The summed E-state index contributed by atoms with van der Waals surface area (Å²) in [6.45, 7) is 0. The van der Waals surface area contributed by atoms with Gasteiger partial charge >= 0.3 is 6.18 Å². The van der Waals surface area contributed by atoms with Crippen LogP contribution in [0.2, 0.25) is 0 Å². The first-order valence-electron chi connectivity index (χ1n) is 8.68. The van der Waals surface area contributed by atoms with Crippen molar-refractivity contribution in [2.75, 3.05) is 10.6 Å². The lowest BCUT2D eigenvalue weighted by Crippen LogP contribution is -2.12. The zero-order valence-corrected chi connectivity index (χ0v) is 14.7. The SMILES string of the molecule is FC(F)(F)c1cnc(Nc2ccccc2)nc1Nc1ccc2c(c1)CCC=N2. The molecule has 1 aliphatic rings. The number of hydrogen-bond donors (Lipinski definition) is 2. The van der Waals surface area contributed by atoms with Crippen LogP contribution in [0.3, 0.4) is 0 Å². The molecular formula is C20H16F3N5. The number of alkyl halides is 3. The molecule has 2 heterocycles. The molecule has 0 radical (unpaired) electrons. The summed E-state index contributed by atoms with van der Waals surface area (Å²) in [6.07, 6.45) is -0.355. The second-order valence-electron chi connectivity index (χ2n) is 6.26. The molecule has 8 heteroatoms. The van der Waals surface area contributed by atoms with E-state index in [2.05, 4.69) is 25.6 Å². The smallest absolute Gasteiger partial charge is 0.340 e. The van der Waals surface area contributed by atoms with Gasteiger partial charge in [-0.2, -0.15) is 18.2 Å². The maximum atomic E-state index is 13.4. The van der Waals surface area contributed by atoms with Gasteiger partial charge in [-0.25, -0.2) is 4.98 Å². The van der Waals surface area contributed by atoms with Gasteiger partial charge in [0.25, 0.3) is 0 Å². The van der Waals surface area contributed by atoms with Crippen molar-refractivity contribution in [1.82, 2.24) is 9.97 Å². The number of rotatable bonds is 4. The summed E-state index contributed by atoms with van der Waals surface area (Å²) in [5.74, 6) is -0.232. The number of aryl methyl sites for hydroxylation is 1. The standard InChI is InChI=1S/C20H16F3N5/c21-20(22,23)16-12-25-19(27-14-6-2-1-3-7-14)28-18(16)26-15-8-9-17-13(11-15)5-4-10-24-17/h1-3,6-12H,4-5H2,(H2,25,26,27,28). The van der Waals surface area contributed by atoms with E-state index >= 15 is 0 Å². The Morgan fingerprint density at radius 1 is 0.929 bits per heavy atom. The lowest BCUT2D eigenvalue weighted by atomic mass is 10.0. The lowest BCUT2D eigenvalue weighted by Gasteiger charge is -2.16. The molecule has 2 aromatic carbocycles. The molecule has 1 aliphatic heterocycles. The van der Waals surface area contributed by atoms with E-state index in [-0.39, 0.29) is 11.8 Å². The molecule has 28 heavy (non-hydrogen) atoms. The first kappa shape index (κ1) is 18.0. The molecule has 0 saturated heterocycles. The highest BCUT2D eigenvalue weighted by atomic mass is 19.4. The number of nitrogens with zero attached hydrogens (tertiary/aromatic N) is 3. The van der Waals surface area contributed by atoms with Crippen LogP contribution in [-0.2, 0) is 12.6 Å². The Morgan fingerprint density at radius 3 is 2.54 bits per heavy atom. The highest BCUT2D eigenvalue weighted by molar-refractivity contribution is 5.72. The number of anilines is 4. The topological polar surface area (TPSA) is 62.2 Å². The average molecular weight is 383 g/mol. The number of para-hydroxylation sites is 1. The fraction of sp³-hybridized carbons (Fsp3) is 0.150. The Kier molecular flexibility index (Phi) is 4.68. The minimum atomic E-state index is -4.58. The van der Waals surface area contributed by atoms with E-state index in [1.807, 2.05) is 12.3 Å². The molecule has 0 amide bonds. The van der Waals surface area contributed by atoms with Gasteiger partial charge in [0, 0.05) is 23.8 Å². The molecule has 142 valence electrons. The first-order valence-corrected chi connectivity index (χ1v) is 8.68. The average Bonchev–Trinajstić information content (AvgIpc) is 2.68. The molecule has 0 spiro atoms. The molecule has 0 atom stereocenters. The summed E-state index contributed by atoms with van der Waals surface area (Å²) >= 11 is 0. The summed E-state index contributed by atoms with van der Waals surface area (Å²) in [5.41, 5.74) is 2.09. The highest BCUT2D eigenvalue weighted by Gasteiger charge is 2.35. The van der Waals surface area contributed by atoms with Crippen LogP contribution in [0.5, 0.6) is 0 Å². The van der Waals surface area contributed by atoms with E-state index in [0.29, 0.717) is 11.4 Å².